The summed E-state index contributed by atoms with van der Waals surface area (Å²) in [6.45, 7) is 0.515. The molecule has 76 valence electrons. The first-order chi connectivity index (χ1) is 6.84. The molecule has 0 saturated heterocycles. The molecule has 1 aliphatic rings. The fraction of sp³-hybridized carbons (Fsp3) is 0.625. The molecule has 1 aromatic heterocycles. The zero-order chi connectivity index (χ0) is 9.80. The van der Waals surface area contributed by atoms with Crippen LogP contribution in [0.15, 0.2) is 10.9 Å². The van der Waals surface area contributed by atoms with Gasteiger partial charge in [0.15, 0.2) is 6.33 Å². The normalized spacial score (nSPS) is 15.1. The molecule has 1 aliphatic carbocycles. The number of nitrogens with zero attached hydrogens (tertiary/aromatic N) is 2. The van der Waals surface area contributed by atoms with Gasteiger partial charge < -0.3 is 15.2 Å². The van der Waals surface area contributed by atoms with Crippen LogP contribution in [0.1, 0.15) is 18.7 Å². The molecule has 0 aromatic carbocycles. The molecular weight excluding hydrogens is 184 g/mol. The van der Waals surface area contributed by atoms with Gasteiger partial charge in [0.05, 0.1) is 0 Å². The van der Waals surface area contributed by atoms with Gasteiger partial charge in [-0.3, -0.25) is 0 Å². The summed E-state index contributed by atoms with van der Waals surface area (Å²) in [7, 11) is 0. The third-order valence-corrected chi connectivity index (χ3v) is 1.94. The Kier molecular flexibility index (Phi) is 2.62. The average Bonchev–Trinajstić information content (AvgIpc) is 2.82. The number of nitrogens with one attached hydrogen (secondary N) is 2. The van der Waals surface area contributed by atoms with Crippen molar-refractivity contribution in [1.82, 2.24) is 20.8 Å². The molecule has 0 radical (unpaired) electrons. The Balaban J connectivity index is 1.60. The lowest BCUT2D eigenvalue weighted by Crippen LogP contribution is -2.37. The molecule has 0 atom stereocenters. The Morgan fingerprint density at radius 3 is 3.14 bits per heavy atom. The van der Waals surface area contributed by atoms with Crippen molar-refractivity contribution in [2.24, 2.45) is 0 Å². The van der Waals surface area contributed by atoms with Crippen molar-refractivity contribution in [2.45, 2.75) is 25.3 Å². The number of amides is 2. The van der Waals surface area contributed by atoms with E-state index in [1.165, 1.54) is 6.33 Å². The molecule has 2 N–H and O–H groups in total. The molecular formula is C8H12N4O2. The lowest BCUT2D eigenvalue weighted by molar-refractivity contribution is 0.240. The van der Waals surface area contributed by atoms with Crippen LogP contribution >= 0.6 is 0 Å². The zero-order valence-electron chi connectivity index (χ0n) is 7.69. The van der Waals surface area contributed by atoms with E-state index in [-0.39, 0.29) is 6.03 Å². The molecule has 2 amide bonds. The minimum atomic E-state index is -0.119. The Bertz CT molecular complexity index is 294. The first-order valence-corrected chi connectivity index (χ1v) is 4.64. The minimum Gasteiger partial charge on any atom is -0.340 e. The SMILES string of the molecule is O=C(NCCc1ncno1)NC1CC1. The molecule has 0 unspecified atom stereocenters. The monoisotopic (exact) mass is 196 g/mol. The fourth-order valence-electron chi connectivity index (χ4n) is 1.05. The van der Waals surface area contributed by atoms with Crippen molar-refractivity contribution in [3.05, 3.63) is 12.2 Å². The van der Waals surface area contributed by atoms with Crippen molar-refractivity contribution in [3.63, 3.8) is 0 Å². The third kappa shape index (κ3) is 2.72. The number of rotatable bonds is 4. The second kappa shape index (κ2) is 4.08. The molecule has 2 rings (SSSR count). The van der Waals surface area contributed by atoms with Crippen LogP contribution in [0.2, 0.25) is 0 Å². The summed E-state index contributed by atoms with van der Waals surface area (Å²) >= 11 is 0. The Morgan fingerprint density at radius 1 is 1.64 bits per heavy atom. The van der Waals surface area contributed by atoms with E-state index in [4.69, 9.17) is 4.52 Å². The molecule has 0 aliphatic heterocycles. The van der Waals surface area contributed by atoms with Gasteiger partial charge in [-0.05, 0) is 12.8 Å². The van der Waals surface area contributed by atoms with Crippen molar-refractivity contribution in [2.75, 3.05) is 6.54 Å². The highest BCUT2D eigenvalue weighted by Crippen LogP contribution is 2.18. The lowest BCUT2D eigenvalue weighted by atomic mass is 10.4. The van der Waals surface area contributed by atoms with Gasteiger partial charge in [-0.25, -0.2) is 4.79 Å². The van der Waals surface area contributed by atoms with Crippen molar-refractivity contribution in [3.8, 4) is 0 Å². The molecule has 14 heavy (non-hydrogen) atoms. The van der Waals surface area contributed by atoms with Gasteiger partial charge in [0, 0.05) is 19.0 Å². The molecule has 1 fully saturated rings. The molecule has 1 aromatic rings. The molecule has 0 bridgehead atoms. The predicted molar refractivity (Wildman–Crippen MR) is 47.6 cm³/mol. The summed E-state index contributed by atoms with van der Waals surface area (Å²) < 4.78 is 4.78. The van der Waals surface area contributed by atoms with Gasteiger partial charge in [0.2, 0.25) is 5.89 Å². The lowest BCUT2D eigenvalue weighted by Gasteiger charge is -2.03. The maximum Gasteiger partial charge on any atom is 0.315 e. The van der Waals surface area contributed by atoms with Gasteiger partial charge in [-0.15, -0.1) is 0 Å². The number of urea groups is 1. The van der Waals surface area contributed by atoms with Crippen LogP contribution in [0.5, 0.6) is 0 Å². The Morgan fingerprint density at radius 2 is 2.50 bits per heavy atom. The van der Waals surface area contributed by atoms with E-state index in [0.29, 0.717) is 24.9 Å². The molecule has 6 heteroatoms. The summed E-state index contributed by atoms with van der Waals surface area (Å²) in [6.07, 6.45) is 4.10. The zero-order valence-corrected chi connectivity index (χ0v) is 7.69. The van der Waals surface area contributed by atoms with Crippen LogP contribution in [-0.2, 0) is 6.42 Å². The summed E-state index contributed by atoms with van der Waals surface area (Å²) in [4.78, 5) is 15.0. The molecule has 1 heterocycles. The third-order valence-electron chi connectivity index (χ3n) is 1.94. The minimum absolute atomic E-state index is 0.119. The quantitative estimate of drug-likeness (QED) is 0.714. The summed E-state index contributed by atoms with van der Waals surface area (Å²) in [5, 5.41) is 9.00. The first kappa shape index (κ1) is 8.98. The second-order valence-corrected chi connectivity index (χ2v) is 3.26. The second-order valence-electron chi connectivity index (χ2n) is 3.26. The van der Waals surface area contributed by atoms with Crippen LogP contribution in [0.25, 0.3) is 0 Å². The summed E-state index contributed by atoms with van der Waals surface area (Å²) in [5.74, 6) is 0.539. The number of carbonyl (C=O) groups excluding carboxylic acids is 1. The van der Waals surface area contributed by atoms with Crippen LogP contribution in [0, 0.1) is 0 Å². The summed E-state index contributed by atoms with van der Waals surface area (Å²) in [6, 6.07) is 0.269. The van der Waals surface area contributed by atoms with Crippen molar-refractivity contribution >= 4 is 6.03 Å². The van der Waals surface area contributed by atoms with E-state index >= 15 is 0 Å². The van der Waals surface area contributed by atoms with Gasteiger partial charge in [0.1, 0.15) is 0 Å². The van der Waals surface area contributed by atoms with Crippen LogP contribution in [0.4, 0.5) is 4.79 Å². The highest BCUT2D eigenvalue weighted by atomic mass is 16.5. The largest absolute Gasteiger partial charge is 0.340 e. The smallest absolute Gasteiger partial charge is 0.315 e. The Hall–Kier alpha value is -1.59. The average molecular weight is 196 g/mol. The number of carbonyl (C=O) groups is 1. The number of aromatic nitrogens is 2. The number of hydrogen-bond acceptors (Lipinski definition) is 4. The molecule has 0 spiro atoms. The van der Waals surface area contributed by atoms with E-state index in [9.17, 15) is 4.79 Å². The Labute approximate surface area is 81.1 Å². The first-order valence-electron chi connectivity index (χ1n) is 4.64. The predicted octanol–water partition coefficient (Wildman–Crippen LogP) is 0.0737. The van der Waals surface area contributed by atoms with Gasteiger partial charge >= 0.3 is 6.03 Å². The highest BCUT2D eigenvalue weighted by Gasteiger charge is 2.22. The highest BCUT2D eigenvalue weighted by molar-refractivity contribution is 5.74. The standard InChI is InChI=1S/C8H12N4O2/c13-8(12-6-1-2-6)9-4-3-7-10-5-11-14-7/h5-6H,1-4H2,(H2,9,12,13). The van der Waals surface area contributed by atoms with E-state index in [1.807, 2.05) is 0 Å². The number of hydrogen-bond donors (Lipinski definition) is 2. The van der Waals surface area contributed by atoms with Gasteiger partial charge in [0.25, 0.3) is 0 Å². The van der Waals surface area contributed by atoms with E-state index < -0.39 is 0 Å². The van der Waals surface area contributed by atoms with E-state index in [0.717, 1.165) is 12.8 Å². The fourth-order valence-corrected chi connectivity index (χ4v) is 1.05. The van der Waals surface area contributed by atoms with E-state index in [1.54, 1.807) is 0 Å². The van der Waals surface area contributed by atoms with Gasteiger partial charge in [-0.1, -0.05) is 5.16 Å². The van der Waals surface area contributed by atoms with Crippen molar-refractivity contribution < 1.29 is 9.32 Å². The molecule has 1 saturated carbocycles. The van der Waals surface area contributed by atoms with Gasteiger partial charge in [-0.2, -0.15) is 4.98 Å². The summed E-state index contributed by atoms with van der Waals surface area (Å²) in [5.41, 5.74) is 0. The van der Waals surface area contributed by atoms with Crippen molar-refractivity contribution in [1.29, 1.82) is 0 Å². The van der Waals surface area contributed by atoms with E-state index in [2.05, 4.69) is 20.8 Å². The van der Waals surface area contributed by atoms with Crippen LogP contribution < -0.4 is 10.6 Å². The molecule has 6 nitrogen and oxygen atoms in total. The maximum atomic E-state index is 11.1. The topological polar surface area (TPSA) is 80.1 Å². The van der Waals surface area contributed by atoms with Crippen LogP contribution in [0.3, 0.4) is 0 Å². The maximum absolute atomic E-state index is 11.1. The van der Waals surface area contributed by atoms with Crippen LogP contribution in [-0.4, -0.2) is 28.8 Å².